The maximum Gasteiger partial charge on any atom is 0.0821 e. The Kier molecular flexibility index (Phi) is 3.09. The maximum atomic E-state index is 9.34. The van der Waals surface area contributed by atoms with Gasteiger partial charge < -0.3 is 10.9 Å². The van der Waals surface area contributed by atoms with E-state index in [1.54, 1.807) is 0 Å². The summed E-state index contributed by atoms with van der Waals surface area (Å²) < 4.78 is 0. The van der Waals surface area contributed by atoms with Gasteiger partial charge in [-0.25, -0.2) is 0 Å². The summed E-state index contributed by atoms with van der Waals surface area (Å²) in [5.74, 6) is 0. The maximum absolute atomic E-state index is 9.34. The molecule has 0 radical (unpaired) electrons. The number of nitrogens with two attached hydrogens (primary N) is 1. The molecule has 1 saturated heterocycles. The molecule has 0 saturated carbocycles. The third-order valence-corrected chi connectivity index (χ3v) is 2.76. The third kappa shape index (κ3) is 2.19. The van der Waals surface area contributed by atoms with Gasteiger partial charge in [-0.05, 0) is 18.3 Å². The molecule has 0 amide bonds. The van der Waals surface area contributed by atoms with E-state index in [1.165, 1.54) is 24.3 Å². The average Bonchev–Trinajstić information content (AvgIpc) is 2.24. The van der Waals surface area contributed by atoms with Crippen molar-refractivity contribution >= 4 is 0 Å². The Labute approximate surface area is 74.5 Å². The summed E-state index contributed by atoms with van der Waals surface area (Å²) in [5.41, 5.74) is 5.94. The number of hydrogen-bond acceptors (Lipinski definition) is 3. The van der Waals surface area contributed by atoms with Crippen LogP contribution < -0.4 is 5.73 Å². The van der Waals surface area contributed by atoms with Crippen molar-refractivity contribution in [1.82, 2.24) is 5.06 Å². The number of unbranched alkanes of at least 4 members (excludes halogenated alkanes) is 1. The highest BCUT2D eigenvalue weighted by atomic mass is 16.5. The molecule has 1 fully saturated rings. The van der Waals surface area contributed by atoms with Gasteiger partial charge in [-0.1, -0.05) is 26.7 Å². The summed E-state index contributed by atoms with van der Waals surface area (Å²) in [6, 6.07) is 0. The summed E-state index contributed by atoms with van der Waals surface area (Å²) >= 11 is 0. The van der Waals surface area contributed by atoms with Gasteiger partial charge in [0.2, 0.25) is 0 Å². The van der Waals surface area contributed by atoms with E-state index in [4.69, 9.17) is 5.73 Å². The Morgan fingerprint density at radius 2 is 2.33 bits per heavy atom. The molecule has 72 valence electrons. The molecule has 0 aromatic carbocycles. The molecule has 1 heterocycles. The van der Waals surface area contributed by atoms with Crippen LogP contribution in [0.25, 0.3) is 0 Å². The number of rotatable bonds is 3. The fourth-order valence-electron chi connectivity index (χ4n) is 1.97. The number of hydroxylamine groups is 2. The Morgan fingerprint density at radius 1 is 1.67 bits per heavy atom. The molecule has 12 heavy (non-hydrogen) atoms. The molecule has 3 heteroatoms. The van der Waals surface area contributed by atoms with Crippen molar-refractivity contribution in [2.24, 2.45) is 11.1 Å². The largest absolute Gasteiger partial charge is 0.314 e. The van der Waals surface area contributed by atoms with E-state index in [2.05, 4.69) is 13.8 Å². The summed E-state index contributed by atoms with van der Waals surface area (Å²) in [6.45, 7) is 5.13. The molecular weight excluding hydrogens is 152 g/mol. The third-order valence-electron chi connectivity index (χ3n) is 2.76. The van der Waals surface area contributed by atoms with Gasteiger partial charge in [0, 0.05) is 6.54 Å². The lowest BCUT2D eigenvalue weighted by Crippen LogP contribution is -2.33. The molecule has 1 aliphatic heterocycles. The van der Waals surface area contributed by atoms with Crippen molar-refractivity contribution < 1.29 is 5.21 Å². The summed E-state index contributed by atoms with van der Waals surface area (Å²) in [5, 5.41) is 10.6. The van der Waals surface area contributed by atoms with Crippen LogP contribution in [0.1, 0.15) is 39.5 Å². The molecule has 0 aromatic heterocycles. The Balaban J connectivity index is 2.40. The van der Waals surface area contributed by atoms with Gasteiger partial charge in [-0.15, -0.1) is 0 Å². The summed E-state index contributed by atoms with van der Waals surface area (Å²) in [4.78, 5) is 0. The zero-order valence-electron chi connectivity index (χ0n) is 8.08. The number of nitrogens with zero attached hydrogens (tertiary/aromatic N) is 1. The van der Waals surface area contributed by atoms with Crippen molar-refractivity contribution in [3.63, 3.8) is 0 Å². The topological polar surface area (TPSA) is 49.5 Å². The second-order valence-electron chi connectivity index (χ2n) is 4.28. The van der Waals surface area contributed by atoms with Crippen molar-refractivity contribution in [1.29, 1.82) is 0 Å². The lowest BCUT2D eigenvalue weighted by Gasteiger charge is -2.22. The van der Waals surface area contributed by atoms with Gasteiger partial charge >= 0.3 is 0 Å². The normalized spacial score (nSPS) is 37.5. The highest BCUT2D eigenvalue weighted by molar-refractivity contribution is 4.86. The van der Waals surface area contributed by atoms with Gasteiger partial charge in [-0.2, -0.15) is 5.06 Å². The average molecular weight is 172 g/mol. The van der Waals surface area contributed by atoms with Crippen LogP contribution in [0, 0.1) is 5.41 Å². The molecule has 1 rings (SSSR count). The summed E-state index contributed by atoms with van der Waals surface area (Å²) in [6.07, 6.45) is 4.40. The second kappa shape index (κ2) is 3.73. The van der Waals surface area contributed by atoms with Crippen LogP contribution in [0.5, 0.6) is 0 Å². The molecular formula is C9H20N2O. The van der Waals surface area contributed by atoms with E-state index in [0.717, 1.165) is 13.0 Å². The minimum absolute atomic E-state index is 0.146. The fraction of sp³-hybridized carbons (Fsp3) is 1.00. The van der Waals surface area contributed by atoms with Gasteiger partial charge in [0.25, 0.3) is 0 Å². The van der Waals surface area contributed by atoms with Crippen LogP contribution in [0.4, 0.5) is 0 Å². The lowest BCUT2D eigenvalue weighted by molar-refractivity contribution is -0.106. The molecule has 0 aliphatic carbocycles. The van der Waals surface area contributed by atoms with Gasteiger partial charge in [0.05, 0.1) is 6.17 Å². The second-order valence-corrected chi connectivity index (χ2v) is 4.28. The zero-order chi connectivity index (χ0) is 9.19. The molecule has 0 bridgehead atoms. The lowest BCUT2D eigenvalue weighted by atomic mass is 9.84. The highest BCUT2D eigenvalue weighted by Gasteiger charge is 2.37. The Bertz CT molecular complexity index is 139. The number of hydrogen-bond donors (Lipinski definition) is 2. The smallest absolute Gasteiger partial charge is 0.0821 e. The van der Waals surface area contributed by atoms with E-state index < -0.39 is 0 Å². The van der Waals surface area contributed by atoms with Gasteiger partial charge in [0.1, 0.15) is 0 Å². The van der Waals surface area contributed by atoms with Crippen molar-refractivity contribution in [2.75, 3.05) is 6.54 Å². The van der Waals surface area contributed by atoms with E-state index >= 15 is 0 Å². The monoisotopic (exact) mass is 172 g/mol. The van der Waals surface area contributed by atoms with Gasteiger partial charge in [0.15, 0.2) is 0 Å². The molecule has 2 atom stereocenters. The first-order valence-corrected chi connectivity index (χ1v) is 4.78. The predicted octanol–water partition coefficient (Wildman–Crippen LogP) is 1.56. The first-order chi connectivity index (χ1) is 5.57. The van der Waals surface area contributed by atoms with Crippen LogP contribution in [-0.2, 0) is 0 Å². The van der Waals surface area contributed by atoms with Crippen LogP contribution in [0.15, 0.2) is 0 Å². The van der Waals surface area contributed by atoms with Crippen LogP contribution in [0.2, 0.25) is 0 Å². The quantitative estimate of drug-likeness (QED) is 0.679. The van der Waals surface area contributed by atoms with Crippen LogP contribution in [-0.4, -0.2) is 23.0 Å². The summed E-state index contributed by atoms with van der Waals surface area (Å²) in [7, 11) is 0. The Morgan fingerprint density at radius 3 is 2.75 bits per heavy atom. The SMILES string of the molecule is CCCCC1(C)CC(N)N(O)C1. The molecule has 3 nitrogen and oxygen atoms in total. The fourth-order valence-corrected chi connectivity index (χ4v) is 1.97. The highest BCUT2D eigenvalue weighted by Crippen LogP contribution is 2.35. The van der Waals surface area contributed by atoms with E-state index in [-0.39, 0.29) is 11.6 Å². The van der Waals surface area contributed by atoms with Crippen LogP contribution in [0.3, 0.4) is 0 Å². The first-order valence-electron chi connectivity index (χ1n) is 4.78. The van der Waals surface area contributed by atoms with Crippen LogP contribution >= 0.6 is 0 Å². The molecule has 0 aromatic rings. The molecule has 1 aliphatic rings. The Hall–Kier alpha value is -0.120. The minimum Gasteiger partial charge on any atom is -0.314 e. The van der Waals surface area contributed by atoms with Crippen molar-refractivity contribution in [2.45, 2.75) is 45.7 Å². The predicted molar refractivity (Wildman–Crippen MR) is 48.7 cm³/mol. The van der Waals surface area contributed by atoms with E-state index in [0.29, 0.717) is 0 Å². The standard InChI is InChI=1S/C9H20N2O/c1-3-4-5-9(2)6-8(10)11(12)7-9/h8,12H,3-7,10H2,1-2H3. The van der Waals surface area contributed by atoms with Gasteiger partial charge in [-0.3, -0.25) is 0 Å². The molecule has 0 spiro atoms. The van der Waals surface area contributed by atoms with E-state index in [9.17, 15) is 5.21 Å². The zero-order valence-corrected chi connectivity index (χ0v) is 8.08. The molecule has 2 unspecified atom stereocenters. The first kappa shape index (κ1) is 9.96. The van der Waals surface area contributed by atoms with Crippen molar-refractivity contribution in [3.8, 4) is 0 Å². The van der Waals surface area contributed by atoms with Crippen molar-refractivity contribution in [3.05, 3.63) is 0 Å². The minimum atomic E-state index is -0.146. The van der Waals surface area contributed by atoms with E-state index in [1.807, 2.05) is 0 Å². The molecule has 3 N–H and O–H groups in total.